The lowest BCUT2D eigenvalue weighted by molar-refractivity contribution is -0.384. The van der Waals surface area contributed by atoms with Crippen molar-refractivity contribution in [1.29, 1.82) is 0 Å². The Bertz CT molecular complexity index is 1540. The molecule has 0 saturated heterocycles. The van der Waals surface area contributed by atoms with Crippen molar-refractivity contribution in [3.63, 3.8) is 0 Å². The number of aromatic nitrogens is 2. The van der Waals surface area contributed by atoms with E-state index >= 15 is 0 Å². The standard InChI is InChI=1S/C24H16F2N4O7/c1-35-19-9-15-18(10-20(19)36-2)27-11-28-24(15)37-14-7-16(25)21(17(26)8-14)22(31)23(32)29-12-4-3-5-13(6-12)30(33)34/h3-11H,1-2H3,(H,29,32). The number of nitro groups is 1. The van der Waals surface area contributed by atoms with Crippen LogP contribution in [0.1, 0.15) is 10.4 Å². The first-order valence-corrected chi connectivity index (χ1v) is 10.4. The number of hydrogen-bond acceptors (Lipinski definition) is 9. The van der Waals surface area contributed by atoms with Crippen LogP contribution in [0.25, 0.3) is 10.9 Å². The molecule has 1 amide bonds. The number of benzene rings is 3. The first-order valence-electron chi connectivity index (χ1n) is 10.4. The molecule has 0 radical (unpaired) electrons. The minimum atomic E-state index is -1.53. The molecule has 4 aromatic rings. The monoisotopic (exact) mass is 510 g/mol. The molecule has 1 heterocycles. The van der Waals surface area contributed by atoms with Gasteiger partial charge in [0.05, 0.1) is 35.6 Å². The molecule has 37 heavy (non-hydrogen) atoms. The summed E-state index contributed by atoms with van der Waals surface area (Å²) in [5.41, 5.74) is -1.18. The molecule has 4 rings (SSSR count). The van der Waals surface area contributed by atoms with E-state index in [1.54, 1.807) is 6.07 Å². The van der Waals surface area contributed by atoms with Crippen molar-refractivity contribution >= 4 is 34.0 Å². The maximum absolute atomic E-state index is 14.8. The van der Waals surface area contributed by atoms with Crippen molar-refractivity contribution in [1.82, 2.24) is 9.97 Å². The number of ketones is 1. The van der Waals surface area contributed by atoms with Crippen LogP contribution in [0, 0.1) is 21.7 Å². The number of amides is 1. The minimum Gasteiger partial charge on any atom is -0.493 e. The van der Waals surface area contributed by atoms with Gasteiger partial charge in [-0.15, -0.1) is 0 Å². The Morgan fingerprint density at radius 1 is 0.973 bits per heavy atom. The maximum Gasteiger partial charge on any atom is 0.296 e. The topological polar surface area (TPSA) is 143 Å². The normalized spacial score (nSPS) is 10.6. The van der Waals surface area contributed by atoms with Gasteiger partial charge < -0.3 is 19.5 Å². The fourth-order valence-electron chi connectivity index (χ4n) is 3.38. The zero-order valence-electron chi connectivity index (χ0n) is 19.2. The number of non-ortho nitro benzene ring substituents is 1. The predicted octanol–water partition coefficient (Wildman–Crippen LogP) is 4.45. The number of anilines is 1. The highest BCUT2D eigenvalue weighted by Gasteiger charge is 2.26. The van der Waals surface area contributed by atoms with E-state index in [1.165, 1.54) is 44.8 Å². The number of methoxy groups -OCH3 is 2. The lowest BCUT2D eigenvalue weighted by atomic mass is 10.1. The number of halogens is 2. The summed E-state index contributed by atoms with van der Waals surface area (Å²) in [6.07, 6.45) is 1.17. The number of hydrogen-bond donors (Lipinski definition) is 1. The van der Waals surface area contributed by atoms with E-state index in [4.69, 9.17) is 14.2 Å². The van der Waals surface area contributed by atoms with Crippen molar-refractivity contribution in [3.8, 4) is 23.1 Å². The van der Waals surface area contributed by atoms with Gasteiger partial charge in [-0.1, -0.05) is 6.07 Å². The van der Waals surface area contributed by atoms with E-state index in [0.717, 1.165) is 6.07 Å². The number of nitrogens with one attached hydrogen (secondary N) is 1. The van der Waals surface area contributed by atoms with Crippen LogP contribution in [0.3, 0.4) is 0 Å². The molecule has 0 bridgehead atoms. The molecule has 13 heteroatoms. The molecule has 1 aromatic heterocycles. The van der Waals surface area contributed by atoms with Crippen LogP contribution in [0.4, 0.5) is 20.2 Å². The molecule has 0 aliphatic heterocycles. The zero-order valence-corrected chi connectivity index (χ0v) is 19.2. The first-order chi connectivity index (χ1) is 17.7. The van der Waals surface area contributed by atoms with E-state index in [2.05, 4.69) is 15.3 Å². The number of Topliss-reactive ketones (excluding diaryl/α,β-unsaturated/α-hetero) is 1. The maximum atomic E-state index is 14.8. The largest absolute Gasteiger partial charge is 0.493 e. The van der Waals surface area contributed by atoms with Gasteiger partial charge in [0, 0.05) is 36.0 Å². The van der Waals surface area contributed by atoms with Crippen LogP contribution < -0.4 is 19.5 Å². The van der Waals surface area contributed by atoms with Crippen LogP contribution in [-0.4, -0.2) is 40.8 Å². The molecule has 0 unspecified atom stereocenters. The fraction of sp³-hybridized carbons (Fsp3) is 0.0833. The van der Waals surface area contributed by atoms with Crippen LogP contribution in [0.2, 0.25) is 0 Å². The Labute approximate surface area is 206 Å². The molecule has 0 aliphatic carbocycles. The summed E-state index contributed by atoms with van der Waals surface area (Å²) in [4.78, 5) is 43.0. The highest BCUT2D eigenvalue weighted by molar-refractivity contribution is 6.46. The van der Waals surface area contributed by atoms with E-state index in [1.807, 2.05) is 0 Å². The summed E-state index contributed by atoms with van der Waals surface area (Å²) >= 11 is 0. The van der Waals surface area contributed by atoms with Gasteiger partial charge in [-0.25, -0.2) is 18.7 Å². The van der Waals surface area contributed by atoms with Gasteiger partial charge in [0.15, 0.2) is 11.5 Å². The molecule has 188 valence electrons. The SMILES string of the molecule is COc1cc2ncnc(Oc3cc(F)c(C(=O)C(=O)Nc4cccc([N+](=O)[O-])c4)c(F)c3)c2cc1OC. The van der Waals surface area contributed by atoms with E-state index in [9.17, 15) is 28.5 Å². The van der Waals surface area contributed by atoms with Crippen molar-refractivity contribution in [2.24, 2.45) is 0 Å². The Kier molecular flexibility index (Phi) is 6.86. The summed E-state index contributed by atoms with van der Waals surface area (Å²) in [7, 11) is 2.87. The number of nitrogens with zero attached hydrogens (tertiary/aromatic N) is 3. The number of fused-ring (bicyclic) bond motifs is 1. The lowest BCUT2D eigenvalue weighted by Crippen LogP contribution is -2.25. The molecule has 1 N–H and O–H groups in total. The van der Waals surface area contributed by atoms with Crippen molar-refractivity contribution in [2.45, 2.75) is 0 Å². The summed E-state index contributed by atoms with van der Waals surface area (Å²) < 4.78 is 45.6. The van der Waals surface area contributed by atoms with E-state index in [-0.39, 0.29) is 23.0 Å². The summed E-state index contributed by atoms with van der Waals surface area (Å²) in [6.45, 7) is 0. The Hall–Kier alpha value is -5.20. The van der Waals surface area contributed by atoms with Gasteiger partial charge in [-0.05, 0) is 12.1 Å². The summed E-state index contributed by atoms with van der Waals surface area (Å²) in [5, 5.41) is 13.3. The quantitative estimate of drug-likeness (QED) is 0.157. The van der Waals surface area contributed by atoms with Crippen LogP contribution in [0.5, 0.6) is 23.1 Å². The number of carbonyl (C=O) groups excluding carboxylic acids is 2. The molecule has 0 aliphatic rings. The molecular weight excluding hydrogens is 494 g/mol. The smallest absolute Gasteiger partial charge is 0.296 e. The Balaban J connectivity index is 1.60. The lowest BCUT2D eigenvalue weighted by Gasteiger charge is -2.12. The third-order valence-electron chi connectivity index (χ3n) is 5.08. The van der Waals surface area contributed by atoms with Crippen molar-refractivity contribution in [3.05, 3.63) is 82.2 Å². The number of carbonyl (C=O) groups is 2. The second-order valence-electron chi connectivity index (χ2n) is 7.36. The average Bonchev–Trinajstić information content (AvgIpc) is 2.87. The Morgan fingerprint density at radius 3 is 2.30 bits per heavy atom. The third-order valence-corrected chi connectivity index (χ3v) is 5.08. The molecule has 3 aromatic carbocycles. The molecule has 0 saturated carbocycles. The highest BCUT2D eigenvalue weighted by Crippen LogP contribution is 2.36. The van der Waals surface area contributed by atoms with Gasteiger partial charge in [0.25, 0.3) is 17.4 Å². The minimum absolute atomic E-state index is 0.0627. The number of rotatable bonds is 8. The van der Waals surface area contributed by atoms with Gasteiger partial charge >= 0.3 is 0 Å². The van der Waals surface area contributed by atoms with Gasteiger partial charge in [-0.2, -0.15) is 0 Å². The van der Waals surface area contributed by atoms with Crippen LogP contribution in [0.15, 0.2) is 54.9 Å². The Morgan fingerprint density at radius 2 is 1.65 bits per heavy atom. The molecule has 0 spiro atoms. The van der Waals surface area contributed by atoms with Crippen LogP contribution >= 0.6 is 0 Å². The number of nitro benzene ring substituents is 1. The molecule has 11 nitrogen and oxygen atoms in total. The third kappa shape index (κ3) is 5.10. The van der Waals surface area contributed by atoms with Crippen LogP contribution in [-0.2, 0) is 4.79 Å². The fourth-order valence-corrected chi connectivity index (χ4v) is 3.38. The van der Waals surface area contributed by atoms with Crippen molar-refractivity contribution < 1.29 is 37.5 Å². The zero-order chi connectivity index (χ0) is 26.7. The molecule has 0 fully saturated rings. The highest BCUT2D eigenvalue weighted by atomic mass is 19.1. The van der Waals surface area contributed by atoms with Gasteiger partial charge in [0.1, 0.15) is 23.7 Å². The predicted molar refractivity (Wildman–Crippen MR) is 125 cm³/mol. The van der Waals surface area contributed by atoms with Gasteiger partial charge in [0.2, 0.25) is 5.88 Å². The molecular formula is C24H16F2N4O7. The summed E-state index contributed by atoms with van der Waals surface area (Å²) in [6, 6.07) is 9.22. The first kappa shape index (κ1) is 24.9. The second-order valence-corrected chi connectivity index (χ2v) is 7.36. The van der Waals surface area contributed by atoms with Gasteiger partial charge in [-0.3, -0.25) is 19.7 Å². The molecule has 0 atom stereocenters. The van der Waals surface area contributed by atoms with E-state index in [0.29, 0.717) is 34.5 Å². The van der Waals surface area contributed by atoms with E-state index < -0.39 is 33.8 Å². The average molecular weight is 510 g/mol. The summed E-state index contributed by atoms with van der Waals surface area (Å²) in [5.74, 6) is -5.34. The number of ether oxygens (including phenoxy) is 3. The second kappa shape index (κ2) is 10.2. The van der Waals surface area contributed by atoms with Crippen molar-refractivity contribution in [2.75, 3.05) is 19.5 Å².